The monoisotopic (exact) mass is 414 g/mol. The van der Waals surface area contributed by atoms with Gasteiger partial charge in [-0.2, -0.15) is 5.10 Å². The van der Waals surface area contributed by atoms with E-state index in [-0.39, 0.29) is 17.5 Å². The number of nitrogens with zero attached hydrogens (tertiary/aromatic N) is 3. The summed E-state index contributed by atoms with van der Waals surface area (Å²) in [4.78, 5) is 30.1. The zero-order valence-electron chi connectivity index (χ0n) is 17.0. The average molecular weight is 414 g/mol. The third-order valence-corrected chi connectivity index (χ3v) is 5.72. The fourth-order valence-electron chi connectivity index (χ4n) is 3.70. The second kappa shape index (κ2) is 7.39. The van der Waals surface area contributed by atoms with Crippen LogP contribution in [-0.2, 0) is 0 Å². The number of aromatic nitrogens is 4. The molecule has 2 aromatic heterocycles. The molecule has 0 saturated heterocycles. The van der Waals surface area contributed by atoms with Gasteiger partial charge in [-0.15, -0.1) is 0 Å². The zero-order valence-corrected chi connectivity index (χ0v) is 17.0. The largest absolute Gasteiger partial charge is 0.384 e. The molecule has 156 valence electrons. The van der Waals surface area contributed by atoms with Gasteiger partial charge in [0.25, 0.3) is 11.5 Å². The van der Waals surface area contributed by atoms with Crippen molar-refractivity contribution in [2.24, 2.45) is 0 Å². The summed E-state index contributed by atoms with van der Waals surface area (Å²) in [5.74, 6) is 0.388. The van der Waals surface area contributed by atoms with E-state index in [9.17, 15) is 9.59 Å². The Kier molecular flexibility index (Phi) is 4.54. The third kappa shape index (κ3) is 3.56. The maximum Gasteiger partial charge on any atom is 0.261 e. The molecular formula is C23H22N6O2. The van der Waals surface area contributed by atoms with Crippen molar-refractivity contribution in [3.63, 3.8) is 0 Å². The number of benzene rings is 2. The summed E-state index contributed by atoms with van der Waals surface area (Å²) in [6.07, 6.45) is 5.27. The lowest BCUT2D eigenvalue weighted by atomic mass is 10.0. The number of H-pyrrole nitrogens is 1. The van der Waals surface area contributed by atoms with E-state index in [4.69, 9.17) is 5.73 Å². The molecule has 0 unspecified atom stereocenters. The lowest BCUT2D eigenvalue weighted by molar-refractivity contribution is 0.0951. The Morgan fingerprint density at radius 1 is 1.26 bits per heavy atom. The highest BCUT2D eigenvalue weighted by Crippen LogP contribution is 2.26. The first kappa shape index (κ1) is 19.0. The molecule has 0 radical (unpaired) electrons. The highest BCUT2D eigenvalue weighted by molar-refractivity contribution is 5.94. The van der Waals surface area contributed by atoms with Crippen LogP contribution in [0.1, 0.15) is 41.7 Å². The molecule has 1 aliphatic carbocycles. The van der Waals surface area contributed by atoms with E-state index >= 15 is 0 Å². The summed E-state index contributed by atoms with van der Waals surface area (Å²) >= 11 is 0. The predicted octanol–water partition coefficient (Wildman–Crippen LogP) is 2.87. The fraction of sp³-hybridized carbons (Fsp3) is 0.217. The van der Waals surface area contributed by atoms with Gasteiger partial charge < -0.3 is 11.1 Å². The summed E-state index contributed by atoms with van der Waals surface area (Å²) in [6.45, 7) is 1.92. The number of hydrogen-bond acceptors (Lipinski definition) is 5. The number of aromatic amines is 1. The van der Waals surface area contributed by atoms with E-state index in [2.05, 4.69) is 20.5 Å². The summed E-state index contributed by atoms with van der Waals surface area (Å²) in [5.41, 5.74) is 9.42. The average Bonchev–Trinajstić information content (AvgIpc) is 3.50. The number of hydrogen-bond donors (Lipinski definition) is 3. The molecule has 5 rings (SSSR count). The van der Waals surface area contributed by atoms with Crippen molar-refractivity contribution in [2.75, 3.05) is 5.73 Å². The van der Waals surface area contributed by atoms with Gasteiger partial charge in [-0.3, -0.25) is 19.3 Å². The normalized spacial score (nSPS) is 14.5. The van der Waals surface area contributed by atoms with Gasteiger partial charge >= 0.3 is 0 Å². The molecule has 2 aromatic carbocycles. The van der Waals surface area contributed by atoms with E-state index in [1.54, 1.807) is 29.2 Å². The first-order valence-corrected chi connectivity index (χ1v) is 10.2. The third-order valence-electron chi connectivity index (χ3n) is 5.72. The number of amides is 1. The number of carbonyl (C=O) groups excluding carboxylic acids is 1. The molecule has 8 nitrogen and oxygen atoms in total. The van der Waals surface area contributed by atoms with Crippen LogP contribution in [0.2, 0.25) is 0 Å². The predicted molar refractivity (Wildman–Crippen MR) is 119 cm³/mol. The molecule has 0 bridgehead atoms. The quantitative estimate of drug-likeness (QED) is 0.464. The van der Waals surface area contributed by atoms with E-state index in [0.717, 1.165) is 29.5 Å². The van der Waals surface area contributed by atoms with Crippen LogP contribution in [-0.4, -0.2) is 31.7 Å². The van der Waals surface area contributed by atoms with Gasteiger partial charge in [0.2, 0.25) is 0 Å². The first-order chi connectivity index (χ1) is 15.0. The molecule has 4 N–H and O–H groups in total. The van der Waals surface area contributed by atoms with Gasteiger partial charge in [0, 0.05) is 17.2 Å². The zero-order chi connectivity index (χ0) is 21.5. The number of nitrogen functional groups attached to an aromatic ring is 1. The van der Waals surface area contributed by atoms with Crippen LogP contribution in [0.3, 0.4) is 0 Å². The van der Waals surface area contributed by atoms with E-state index in [1.165, 1.54) is 0 Å². The number of rotatable bonds is 5. The Balaban J connectivity index is 1.48. The van der Waals surface area contributed by atoms with Crippen LogP contribution in [0.25, 0.3) is 22.0 Å². The molecule has 31 heavy (non-hydrogen) atoms. The van der Waals surface area contributed by atoms with Crippen LogP contribution in [0, 0.1) is 0 Å². The van der Waals surface area contributed by atoms with Crippen molar-refractivity contribution in [3.05, 3.63) is 76.5 Å². The molecule has 2 heterocycles. The summed E-state index contributed by atoms with van der Waals surface area (Å²) in [6, 6.07) is 12.8. The van der Waals surface area contributed by atoms with Crippen LogP contribution < -0.4 is 16.6 Å². The molecule has 1 saturated carbocycles. The second-order valence-electron chi connectivity index (χ2n) is 7.94. The minimum absolute atomic E-state index is 0.0772. The minimum Gasteiger partial charge on any atom is -0.384 e. The van der Waals surface area contributed by atoms with Crippen LogP contribution in [0.5, 0.6) is 0 Å². The first-order valence-electron chi connectivity index (χ1n) is 10.2. The Bertz CT molecular complexity index is 1350. The van der Waals surface area contributed by atoms with Crippen molar-refractivity contribution in [3.8, 4) is 11.1 Å². The fourth-order valence-corrected chi connectivity index (χ4v) is 3.70. The number of anilines is 1. The number of carbonyl (C=O) groups is 1. The SMILES string of the molecule is C[C@H](c1cccc(C(=O)NC2CC2)c1)n1cnc2cc(-c3cn[nH]c3N)ccc2c1=O. The van der Waals surface area contributed by atoms with E-state index in [0.29, 0.717) is 28.3 Å². The lowest BCUT2D eigenvalue weighted by Crippen LogP contribution is -2.26. The highest BCUT2D eigenvalue weighted by Gasteiger charge is 2.24. The smallest absolute Gasteiger partial charge is 0.261 e. The maximum absolute atomic E-state index is 13.2. The van der Waals surface area contributed by atoms with Gasteiger partial charge in [-0.1, -0.05) is 18.2 Å². The topological polar surface area (TPSA) is 119 Å². The number of fused-ring (bicyclic) bond motifs is 1. The summed E-state index contributed by atoms with van der Waals surface area (Å²) < 4.78 is 1.59. The number of nitrogens with one attached hydrogen (secondary N) is 2. The molecule has 0 aliphatic heterocycles. The van der Waals surface area contributed by atoms with Crippen molar-refractivity contribution >= 4 is 22.6 Å². The van der Waals surface area contributed by atoms with Crippen LogP contribution in [0.15, 0.2) is 59.8 Å². The van der Waals surface area contributed by atoms with Crippen LogP contribution >= 0.6 is 0 Å². The van der Waals surface area contributed by atoms with Gasteiger partial charge in [-0.25, -0.2) is 4.98 Å². The standard InChI is InChI=1S/C23H22N6O2/c1-13(14-3-2-4-16(9-14)22(30)27-17-6-7-17)29-12-25-20-10-15(5-8-18(20)23(29)31)19-11-26-28-21(19)24/h2-5,8-13,17H,6-7H2,1H3,(H,27,30)(H3,24,26,28)/t13-/m1/s1. The summed E-state index contributed by atoms with van der Waals surface area (Å²) in [7, 11) is 0. The van der Waals surface area contributed by atoms with Crippen molar-refractivity contribution in [2.45, 2.75) is 31.8 Å². The minimum atomic E-state index is -0.276. The molecule has 8 heteroatoms. The molecule has 1 aliphatic rings. The molecule has 4 aromatic rings. The van der Waals surface area contributed by atoms with Gasteiger partial charge in [-0.05, 0) is 55.2 Å². The Hall–Kier alpha value is -3.94. The Labute approximate surface area is 178 Å². The maximum atomic E-state index is 13.2. The molecule has 0 spiro atoms. The van der Waals surface area contributed by atoms with Gasteiger partial charge in [0.1, 0.15) is 5.82 Å². The Morgan fingerprint density at radius 3 is 2.84 bits per heavy atom. The van der Waals surface area contributed by atoms with E-state index < -0.39 is 0 Å². The second-order valence-corrected chi connectivity index (χ2v) is 7.94. The van der Waals surface area contributed by atoms with E-state index in [1.807, 2.05) is 37.3 Å². The molecule has 1 fully saturated rings. The lowest BCUT2D eigenvalue weighted by Gasteiger charge is -2.17. The molecule has 1 amide bonds. The molecular weight excluding hydrogens is 392 g/mol. The van der Waals surface area contributed by atoms with Crippen molar-refractivity contribution < 1.29 is 4.79 Å². The highest BCUT2D eigenvalue weighted by atomic mass is 16.1. The van der Waals surface area contributed by atoms with Gasteiger partial charge in [0.05, 0.1) is 29.5 Å². The van der Waals surface area contributed by atoms with Crippen LogP contribution in [0.4, 0.5) is 5.82 Å². The van der Waals surface area contributed by atoms with Crippen molar-refractivity contribution in [1.29, 1.82) is 0 Å². The number of nitrogens with two attached hydrogens (primary N) is 1. The van der Waals surface area contributed by atoms with Crippen molar-refractivity contribution in [1.82, 2.24) is 25.1 Å². The summed E-state index contributed by atoms with van der Waals surface area (Å²) in [5, 5.41) is 10.2. The molecule has 1 atom stereocenters. The Morgan fingerprint density at radius 2 is 2.10 bits per heavy atom. The van der Waals surface area contributed by atoms with Gasteiger partial charge in [0.15, 0.2) is 0 Å².